The molecule has 0 bridgehead atoms. The SMILES string of the molecule is Cc1cc(-c2c3ccc(-n4c5ccccc5c5ccccc54)cc3cc[n+]2C)c(C)c(C)c1C#N. The Morgan fingerprint density at radius 2 is 1.40 bits per heavy atom. The van der Waals surface area contributed by atoms with Crippen LogP contribution in [0, 0.1) is 32.1 Å². The molecule has 2 aromatic heterocycles. The van der Waals surface area contributed by atoms with E-state index in [0.29, 0.717) is 0 Å². The summed E-state index contributed by atoms with van der Waals surface area (Å²) >= 11 is 0. The minimum atomic E-state index is 0.780. The van der Waals surface area contributed by atoms with Crippen molar-refractivity contribution in [2.45, 2.75) is 20.8 Å². The third-order valence-electron chi connectivity index (χ3n) is 7.42. The first-order valence-electron chi connectivity index (χ1n) is 11.9. The molecule has 0 fully saturated rings. The number of rotatable bonds is 2. The minimum Gasteiger partial charge on any atom is -0.309 e. The molecule has 0 radical (unpaired) electrons. The summed E-state index contributed by atoms with van der Waals surface area (Å²) in [7, 11) is 2.10. The van der Waals surface area contributed by atoms with Gasteiger partial charge in [0.2, 0.25) is 5.69 Å². The van der Waals surface area contributed by atoms with Crippen LogP contribution in [-0.4, -0.2) is 4.57 Å². The minimum absolute atomic E-state index is 0.780. The molecule has 35 heavy (non-hydrogen) atoms. The molecule has 0 spiro atoms. The van der Waals surface area contributed by atoms with Crippen LogP contribution in [0.15, 0.2) is 85.1 Å². The third-order valence-corrected chi connectivity index (χ3v) is 7.42. The first-order valence-corrected chi connectivity index (χ1v) is 11.9. The van der Waals surface area contributed by atoms with Crippen LogP contribution in [0.2, 0.25) is 0 Å². The summed E-state index contributed by atoms with van der Waals surface area (Å²) in [6.07, 6.45) is 2.13. The van der Waals surface area contributed by atoms with Crippen molar-refractivity contribution < 1.29 is 4.57 Å². The number of hydrogen-bond donors (Lipinski definition) is 0. The van der Waals surface area contributed by atoms with Crippen molar-refractivity contribution in [3.8, 4) is 23.0 Å². The summed E-state index contributed by atoms with van der Waals surface area (Å²) in [6.45, 7) is 6.20. The third kappa shape index (κ3) is 3.07. The molecule has 0 amide bonds. The molecule has 4 aromatic carbocycles. The average molecular weight is 453 g/mol. The van der Waals surface area contributed by atoms with Gasteiger partial charge in [0.1, 0.15) is 7.05 Å². The van der Waals surface area contributed by atoms with Gasteiger partial charge in [0.05, 0.1) is 33.6 Å². The number of para-hydroxylation sites is 2. The smallest absolute Gasteiger partial charge is 0.220 e. The summed E-state index contributed by atoms with van der Waals surface area (Å²) in [5, 5.41) is 14.5. The highest BCUT2D eigenvalue weighted by Crippen LogP contribution is 2.35. The molecule has 3 heteroatoms. The van der Waals surface area contributed by atoms with Gasteiger partial charge < -0.3 is 4.57 Å². The van der Waals surface area contributed by atoms with E-state index in [1.807, 2.05) is 6.92 Å². The maximum atomic E-state index is 9.63. The van der Waals surface area contributed by atoms with Gasteiger partial charge in [0.25, 0.3) is 0 Å². The Bertz CT molecular complexity index is 1790. The van der Waals surface area contributed by atoms with Crippen molar-refractivity contribution in [1.82, 2.24) is 4.57 Å². The molecule has 0 aliphatic rings. The van der Waals surface area contributed by atoms with Crippen molar-refractivity contribution in [2.75, 3.05) is 0 Å². The second-order valence-electron chi connectivity index (χ2n) is 9.39. The quantitative estimate of drug-likeness (QED) is 0.255. The molecule has 0 saturated carbocycles. The number of aromatic nitrogens is 2. The molecule has 3 nitrogen and oxygen atoms in total. The average Bonchev–Trinajstić information content (AvgIpc) is 3.21. The second-order valence-corrected chi connectivity index (χ2v) is 9.39. The summed E-state index contributed by atoms with van der Waals surface area (Å²) in [6, 6.07) is 30.7. The van der Waals surface area contributed by atoms with Crippen LogP contribution in [-0.2, 0) is 7.05 Å². The zero-order valence-corrected chi connectivity index (χ0v) is 20.4. The van der Waals surface area contributed by atoms with Gasteiger partial charge in [-0.2, -0.15) is 5.26 Å². The van der Waals surface area contributed by atoms with Crippen molar-refractivity contribution in [2.24, 2.45) is 7.05 Å². The van der Waals surface area contributed by atoms with Crippen LogP contribution < -0.4 is 4.57 Å². The topological polar surface area (TPSA) is 32.6 Å². The Hall–Kier alpha value is -4.42. The van der Waals surface area contributed by atoms with E-state index in [1.165, 1.54) is 43.8 Å². The number of fused-ring (bicyclic) bond motifs is 4. The van der Waals surface area contributed by atoms with E-state index in [2.05, 4.69) is 121 Å². The van der Waals surface area contributed by atoms with E-state index in [4.69, 9.17) is 0 Å². The van der Waals surface area contributed by atoms with Crippen molar-refractivity contribution >= 4 is 32.6 Å². The molecule has 168 valence electrons. The van der Waals surface area contributed by atoms with Crippen molar-refractivity contribution in [3.05, 3.63) is 107 Å². The van der Waals surface area contributed by atoms with Gasteiger partial charge in [-0.3, -0.25) is 0 Å². The van der Waals surface area contributed by atoms with E-state index < -0.39 is 0 Å². The van der Waals surface area contributed by atoms with Gasteiger partial charge in [-0.15, -0.1) is 0 Å². The maximum absolute atomic E-state index is 9.63. The molecule has 0 saturated heterocycles. The number of aryl methyl sites for hydroxylation is 2. The van der Waals surface area contributed by atoms with Gasteiger partial charge in [-0.1, -0.05) is 36.4 Å². The molecule has 0 N–H and O–H groups in total. The second kappa shape index (κ2) is 7.82. The van der Waals surface area contributed by atoms with Crippen LogP contribution in [0.4, 0.5) is 0 Å². The van der Waals surface area contributed by atoms with Gasteiger partial charge >= 0.3 is 0 Å². The van der Waals surface area contributed by atoms with Crippen LogP contribution in [0.25, 0.3) is 49.5 Å². The molecule has 6 rings (SSSR count). The summed E-state index contributed by atoms with van der Waals surface area (Å²) in [5.74, 6) is 0. The molecule has 2 heterocycles. The van der Waals surface area contributed by atoms with E-state index in [9.17, 15) is 5.26 Å². The van der Waals surface area contributed by atoms with Crippen LogP contribution >= 0.6 is 0 Å². The molecule has 0 atom stereocenters. The Morgan fingerprint density at radius 3 is 2.06 bits per heavy atom. The van der Waals surface area contributed by atoms with Gasteiger partial charge in [-0.25, -0.2) is 4.57 Å². The molecule has 6 aromatic rings. The van der Waals surface area contributed by atoms with Crippen LogP contribution in [0.1, 0.15) is 22.3 Å². The predicted octanol–water partition coefficient (Wildman–Crippen LogP) is 7.23. The molecule has 0 aliphatic carbocycles. The number of pyridine rings is 1. The lowest BCUT2D eigenvalue weighted by molar-refractivity contribution is -0.659. The van der Waals surface area contributed by atoms with Gasteiger partial charge in [-0.05, 0) is 79.2 Å². The standard InChI is InChI=1S/C32H26N3/c1-20-17-28(21(2)22(3)29(20)19-33)32-25-14-13-24(18-23(25)15-16-34(32)4)35-30-11-7-5-9-26(30)27-10-6-8-12-31(27)35/h5-18H,1-4H3/q+1. The van der Waals surface area contributed by atoms with Crippen molar-refractivity contribution in [1.29, 1.82) is 5.26 Å². The van der Waals surface area contributed by atoms with Gasteiger partial charge in [0, 0.05) is 22.5 Å². The molecule has 0 unspecified atom stereocenters. The molecule has 0 aliphatic heterocycles. The fraction of sp³-hybridized carbons (Fsp3) is 0.125. The van der Waals surface area contributed by atoms with Crippen LogP contribution in [0.3, 0.4) is 0 Å². The lowest BCUT2D eigenvalue weighted by atomic mass is 9.91. The summed E-state index contributed by atoms with van der Waals surface area (Å²) in [5.41, 5.74) is 9.93. The highest BCUT2D eigenvalue weighted by atomic mass is 15.0. The predicted molar refractivity (Wildman–Crippen MR) is 144 cm³/mol. The van der Waals surface area contributed by atoms with E-state index >= 15 is 0 Å². The highest BCUT2D eigenvalue weighted by molar-refractivity contribution is 6.09. The fourth-order valence-electron chi connectivity index (χ4n) is 5.54. The first kappa shape index (κ1) is 21.1. The maximum Gasteiger partial charge on any atom is 0.220 e. The van der Waals surface area contributed by atoms with E-state index in [0.717, 1.165) is 27.9 Å². The Morgan fingerprint density at radius 1 is 0.743 bits per heavy atom. The molecular weight excluding hydrogens is 426 g/mol. The number of nitrogens with zero attached hydrogens (tertiary/aromatic N) is 3. The zero-order chi connectivity index (χ0) is 24.3. The monoisotopic (exact) mass is 452 g/mol. The highest BCUT2D eigenvalue weighted by Gasteiger charge is 2.21. The lowest BCUT2D eigenvalue weighted by Gasteiger charge is -2.14. The first-order chi connectivity index (χ1) is 17.0. The summed E-state index contributed by atoms with van der Waals surface area (Å²) in [4.78, 5) is 0. The zero-order valence-electron chi connectivity index (χ0n) is 20.4. The largest absolute Gasteiger partial charge is 0.309 e. The van der Waals surface area contributed by atoms with E-state index in [-0.39, 0.29) is 0 Å². The Kier molecular flexibility index (Phi) is 4.72. The Labute approximate surface area is 205 Å². The van der Waals surface area contributed by atoms with Gasteiger partial charge in [0.15, 0.2) is 6.20 Å². The summed E-state index contributed by atoms with van der Waals surface area (Å²) < 4.78 is 4.55. The fourth-order valence-corrected chi connectivity index (χ4v) is 5.54. The lowest BCUT2D eigenvalue weighted by Crippen LogP contribution is -2.31. The molecular formula is C32H26N3+. The normalized spacial score (nSPS) is 11.4. The van der Waals surface area contributed by atoms with Crippen LogP contribution in [0.5, 0.6) is 0 Å². The number of nitriles is 1. The number of hydrogen-bond acceptors (Lipinski definition) is 1. The van der Waals surface area contributed by atoms with Crippen molar-refractivity contribution in [3.63, 3.8) is 0 Å². The number of benzene rings is 4. The Balaban J connectivity index is 1.63. The van der Waals surface area contributed by atoms with E-state index in [1.54, 1.807) is 0 Å².